The number of aromatic nitrogens is 3. The number of rotatable bonds is 5. The highest BCUT2D eigenvalue weighted by Gasteiger charge is 2.35. The van der Waals surface area contributed by atoms with Crippen LogP contribution in [0.3, 0.4) is 0 Å². The second-order valence-corrected chi connectivity index (χ2v) is 7.39. The highest BCUT2D eigenvalue weighted by Crippen LogP contribution is 2.34. The lowest BCUT2D eigenvalue weighted by Gasteiger charge is -2.15. The molecule has 0 atom stereocenters. The average Bonchev–Trinajstić information content (AvgIpc) is 2.83. The van der Waals surface area contributed by atoms with Crippen LogP contribution in [0.1, 0.15) is 11.1 Å². The first-order valence-electron chi connectivity index (χ1n) is 10.2. The van der Waals surface area contributed by atoms with Gasteiger partial charge in [0, 0.05) is 29.3 Å². The maximum atomic E-state index is 14.2. The number of hydrogen-bond acceptors (Lipinski definition) is 5. The molecule has 2 amide bonds. The van der Waals surface area contributed by atoms with E-state index in [-0.39, 0.29) is 0 Å². The van der Waals surface area contributed by atoms with E-state index in [0.717, 1.165) is 23.3 Å². The van der Waals surface area contributed by atoms with Gasteiger partial charge >= 0.3 is 12.2 Å². The number of nitrogens with zero attached hydrogens (tertiary/aromatic N) is 3. The Hall–Kier alpha value is -4.54. The molecule has 0 unspecified atom stereocenters. The third-order valence-electron chi connectivity index (χ3n) is 4.97. The monoisotopic (exact) mass is 482 g/mol. The molecule has 7 nitrogen and oxygen atoms in total. The zero-order valence-corrected chi connectivity index (χ0v) is 18.2. The highest BCUT2D eigenvalue weighted by atomic mass is 19.4. The van der Waals surface area contributed by atoms with Gasteiger partial charge in [0.25, 0.3) is 0 Å². The smallest absolute Gasteiger partial charge is 0.339 e. The Morgan fingerprint density at radius 1 is 0.914 bits per heavy atom. The molecule has 0 spiro atoms. The van der Waals surface area contributed by atoms with Gasteiger partial charge in [-0.1, -0.05) is 12.1 Å². The van der Waals surface area contributed by atoms with Gasteiger partial charge in [-0.05, 0) is 55.0 Å². The van der Waals surface area contributed by atoms with Gasteiger partial charge in [-0.25, -0.2) is 24.1 Å². The van der Waals surface area contributed by atoms with Crippen molar-refractivity contribution in [3.63, 3.8) is 0 Å². The molecule has 0 fully saturated rings. The minimum Gasteiger partial charge on any atom is -0.339 e. The maximum Gasteiger partial charge on any atom is 0.419 e. The summed E-state index contributed by atoms with van der Waals surface area (Å²) in [7, 11) is 0. The molecule has 11 heteroatoms. The molecule has 4 rings (SSSR count). The first-order chi connectivity index (χ1) is 16.7. The summed E-state index contributed by atoms with van der Waals surface area (Å²) in [6.45, 7) is 1.84. The van der Waals surface area contributed by atoms with Gasteiger partial charge in [-0.2, -0.15) is 13.2 Å². The van der Waals surface area contributed by atoms with Crippen molar-refractivity contribution in [2.45, 2.75) is 13.1 Å². The Morgan fingerprint density at radius 3 is 2.49 bits per heavy atom. The second-order valence-electron chi connectivity index (χ2n) is 7.39. The van der Waals surface area contributed by atoms with E-state index in [9.17, 15) is 22.4 Å². The number of pyridine rings is 1. The molecule has 0 radical (unpaired) electrons. The summed E-state index contributed by atoms with van der Waals surface area (Å²) in [6, 6.07) is 12.1. The van der Waals surface area contributed by atoms with Crippen molar-refractivity contribution < 1.29 is 22.4 Å². The topological polar surface area (TPSA) is 91.8 Å². The Bertz CT molecular complexity index is 1360. The molecule has 0 bridgehead atoms. The number of nitrogens with one attached hydrogen (secondary N) is 3. The number of carbonyl (C=O) groups is 1. The highest BCUT2D eigenvalue weighted by molar-refractivity contribution is 6.00. The number of alkyl halides is 3. The molecule has 178 valence electrons. The fourth-order valence-electron chi connectivity index (χ4n) is 3.26. The predicted octanol–water partition coefficient (Wildman–Crippen LogP) is 6.39. The van der Waals surface area contributed by atoms with Crippen LogP contribution in [0.2, 0.25) is 0 Å². The molecule has 2 aromatic carbocycles. The Kier molecular flexibility index (Phi) is 6.58. The van der Waals surface area contributed by atoms with E-state index >= 15 is 0 Å². The lowest BCUT2D eigenvalue weighted by Crippen LogP contribution is -2.21. The lowest BCUT2D eigenvalue weighted by molar-refractivity contribution is -0.139. The standard InChI is InChI=1S/C24H18F4N6O/c1-14-7-8-15(32-23(35)34-19-6-2-5-17(21(19)25)24(26,27)28)12-20(14)33-22-16(4-3-10-30-22)18-9-11-29-13-31-18/h2-13H,1H3,(H,30,33)(H2,32,34,35). The number of halogens is 4. The van der Waals surface area contributed by atoms with Crippen LogP contribution in [-0.4, -0.2) is 21.0 Å². The van der Waals surface area contributed by atoms with E-state index in [1.165, 1.54) is 6.33 Å². The van der Waals surface area contributed by atoms with Crippen LogP contribution in [0.5, 0.6) is 0 Å². The van der Waals surface area contributed by atoms with Gasteiger partial charge in [0.1, 0.15) is 12.1 Å². The molecule has 2 aromatic heterocycles. The van der Waals surface area contributed by atoms with Crippen molar-refractivity contribution >= 4 is 28.9 Å². The van der Waals surface area contributed by atoms with Crippen molar-refractivity contribution in [1.29, 1.82) is 0 Å². The molecular weight excluding hydrogens is 464 g/mol. The van der Waals surface area contributed by atoms with Crippen LogP contribution in [0.25, 0.3) is 11.3 Å². The van der Waals surface area contributed by atoms with Crippen molar-refractivity contribution in [3.05, 3.63) is 90.3 Å². The van der Waals surface area contributed by atoms with Crippen LogP contribution in [-0.2, 0) is 6.18 Å². The first kappa shape index (κ1) is 23.6. The van der Waals surface area contributed by atoms with Crippen molar-refractivity contribution in [1.82, 2.24) is 15.0 Å². The summed E-state index contributed by atoms with van der Waals surface area (Å²) < 4.78 is 53.0. The fraction of sp³-hybridized carbons (Fsp3) is 0.0833. The molecule has 0 aliphatic heterocycles. The van der Waals surface area contributed by atoms with E-state index in [1.807, 2.05) is 13.0 Å². The molecule has 0 aliphatic carbocycles. The van der Waals surface area contributed by atoms with Gasteiger partial charge in [-0.15, -0.1) is 0 Å². The minimum atomic E-state index is -4.88. The lowest BCUT2D eigenvalue weighted by atomic mass is 10.1. The maximum absolute atomic E-state index is 14.2. The number of anilines is 4. The normalized spacial score (nSPS) is 11.1. The van der Waals surface area contributed by atoms with Gasteiger partial charge in [0.15, 0.2) is 5.82 Å². The minimum absolute atomic E-state index is 0.322. The molecule has 2 heterocycles. The predicted molar refractivity (Wildman–Crippen MR) is 124 cm³/mol. The molecule has 35 heavy (non-hydrogen) atoms. The van der Waals surface area contributed by atoms with Crippen molar-refractivity contribution in [3.8, 4) is 11.3 Å². The van der Waals surface area contributed by atoms with Crippen molar-refractivity contribution in [2.24, 2.45) is 0 Å². The van der Waals surface area contributed by atoms with Gasteiger partial charge in [0.2, 0.25) is 0 Å². The molecule has 0 aliphatic rings. The number of amides is 2. The van der Waals surface area contributed by atoms with Gasteiger partial charge < -0.3 is 16.0 Å². The number of hydrogen-bond donors (Lipinski definition) is 3. The Morgan fingerprint density at radius 2 is 1.74 bits per heavy atom. The summed E-state index contributed by atoms with van der Waals surface area (Å²) in [4.78, 5) is 24.9. The van der Waals surface area contributed by atoms with E-state index < -0.39 is 29.3 Å². The third kappa shape index (κ3) is 5.52. The summed E-state index contributed by atoms with van der Waals surface area (Å²) in [6.07, 6.45) is -0.234. The molecule has 3 N–H and O–H groups in total. The summed E-state index contributed by atoms with van der Waals surface area (Å²) in [5.41, 5.74) is 1.09. The Balaban J connectivity index is 1.53. The zero-order valence-electron chi connectivity index (χ0n) is 18.2. The van der Waals surface area contributed by atoms with E-state index in [4.69, 9.17) is 0 Å². The number of carbonyl (C=O) groups excluding carboxylic acids is 1. The second kappa shape index (κ2) is 9.75. The number of benzene rings is 2. The van der Waals surface area contributed by atoms with Crippen LogP contribution in [0.4, 0.5) is 45.2 Å². The van der Waals surface area contributed by atoms with Gasteiger partial charge in [0.05, 0.1) is 16.9 Å². The molecule has 4 aromatic rings. The van der Waals surface area contributed by atoms with E-state index in [0.29, 0.717) is 29.0 Å². The number of aryl methyl sites for hydroxylation is 1. The summed E-state index contributed by atoms with van der Waals surface area (Å²) in [5, 5.41) is 7.82. The summed E-state index contributed by atoms with van der Waals surface area (Å²) in [5.74, 6) is -1.05. The third-order valence-corrected chi connectivity index (χ3v) is 4.97. The largest absolute Gasteiger partial charge is 0.419 e. The first-order valence-corrected chi connectivity index (χ1v) is 10.2. The average molecular weight is 482 g/mol. The zero-order chi connectivity index (χ0) is 25.0. The number of urea groups is 1. The van der Waals surface area contributed by atoms with Crippen molar-refractivity contribution in [2.75, 3.05) is 16.0 Å². The van der Waals surface area contributed by atoms with Crippen LogP contribution in [0.15, 0.2) is 73.3 Å². The quantitative estimate of drug-likeness (QED) is 0.287. The van der Waals surface area contributed by atoms with Gasteiger partial charge in [-0.3, -0.25) is 0 Å². The molecular formula is C24H18F4N6O. The van der Waals surface area contributed by atoms with Crippen LogP contribution in [0, 0.1) is 12.7 Å². The van der Waals surface area contributed by atoms with Crippen LogP contribution >= 0.6 is 0 Å². The SMILES string of the molecule is Cc1ccc(NC(=O)Nc2cccc(C(F)(F)F)c2F)cc1Nc1ncccc1-c1ccncn1. The Labute approximate surface area is 197 Å². The summed E-state index contributed by atoms with van der Waals surface area (Å²) >= 11 is 0. The fourth-order valence-corrected chi connectivity index (χ4v) is 3.26. The van der Waals surface area contributed by atoms with E-state index in [2.05, 4.69) is 30.9 Å². The molecule has 0 saturated heterocycles. The van der Waals surface area contributed by atoms with Crippen LogP contribution < -0.4 is 16.0 Å². The van der Waals surface area contributed by atoms with E-state index in [1.54, 1.807) is 42.7 Å². The molecule has 0 saturated carbocycles.